The van der Waals surface area contributed by atoms with E-state index in [1.165, 1.54) is 71.9 Å². The van der Waals surface area contributed by atoms with Gasteiger partial charge in [0, 0.05) is 0 Å². The van der Waals surface area contributed by atoms with Crippen molar-refractivity contribution in [3.05, 3.63) is 89.0 Å². The minimum Gasteiger partial charge on any atom is -0.214 e. The largest absolute Gasteiger partial charge is 0.214 e. The first-order chi connectivity index (χ1) is 16.1. The average Bonchev–Trinajstić information content (AvgIpc) is 3.41. The zero-order chi connectivity index (χ0) is 24.8. The summed E-state index contributed by atoms with van der Waals surface area (Å²) in [4.78, 5) is 0. The standard InChI is InChI=1S/C21H25.C7H12.C5H5.2ClH.Zr/c1-20(2,3)16-9-7-14-11-15-8-10-17(21(4,5)6)13-19(15)18(14)12-16;1-2-4-6-7-5-3-1;1-2-4-5-3-1;;;/h7,9-10,12-13H,11H2,1-6H3;1-6H2;1-5H;2*1H;/q-1;;-1;;;+2/p-2. The van der Waals surface area contributed by atoms with Crippen LogP contribution in [0.15, 0.2) is 60.7 Å². The fraction of sp³-hybridized carbons (Fsp3) is 0.455. The van der Waals surface area contributed by atoms with Crippen molar-refractivity contribution in [2.75, 3.05) is 0 Å². The molecule has 0 spiro atoms. The number of hydrogen-bond donors (Lipinski definition) is 0. The third-order valence-corrected chi connectivity index (χ3v) is 8.02. The number of rotatable bonds is 0. The molecule has 0 aromatic heterocycles. The van der Waals surface area contributed by atoms with Gasteiger partial charge in [0.1, 0.15) is 0 Å². The molecule has 3 aromatic carbocycles. The van der Waals surface area contributed by atoms with E-state index in [1.807, 2.05) is 33.5 Å². The summed E-state index contributed by atoms with van der Waals surface area (Å²) < 4.78 is 1.81. The Labute approximate surface area is 248 Å². The van der Waals surface area contributed by atoms with Gasteiger partial charge in [-0.15, -0.1) is 5.56 Å². The van der Waals surface area contributed by atoms with Gasteiger partial charge < -0.3 is 24.8 Å². The second kappa shape index (κ2) is 14.9. The van der Waals surface area contributed by atoms with Crippen molar-refractivity contribution in [1.82, 2.24) is 0 Å². The fourth-order valence-electron chi connectivity index (χ4n) is 4.46. The van der Waals surface area contributed by atoms with Crippen LogP contribution in [0.1, 0.15) is 102 Å². The normalized spacial score (nSPS) is 14.4. The third-order valence-electron chi connectivity index (χ3n) is 6.79. The molecule has 0 bridgehead atoms. The molecule has 0 aliphatic heterocycles. The Bertz CT molecular complexity index is 977. The molecular weight excluding hydrogens is 558 g/mol. The maximum absolute atomic E-state index is 3.53. The third kappa shape index (κ3) is 9.78. The Morgan fingerprint density at radius 3 is 1.81 bits per heavy atom. The average molecular weight is 601 g/mol. The Balaban J connectivity index is 0.000000356. The Morgan fingerprint density at radius 2 is 1.31 bits per heavy atom. The summed E-state index contributed by atoms with van der Waals surface area (Å²) in [5.41, 5.74) is 8.76. The summed E-state index contributed by atoms with van der Waals surface area (Å²) in [6.07, 6.45) is 9.83. The van der Waals surface area contributed by atoms with Crippen LogP contribution in [0, 0.1) is 6.07 Å². The summed E-state index contributed by atoms with van der Waals surface area (Å²) in [6, 6.07) is 25.1. The van der Waals surface area contributed by atoms with E-state index in [0.717, 1.165) is 6.42 Å². The predicted octanol–water partition coefficient (Wildman–Crippen LogP) is 3.13. The molecule has 0 heterocycles. The second-order valence-corrected chi connectivity index (χ2v) is 13.5. The molecule has 0 radical (unpaired) electrons. The van der Waals surface area contributed by atoms with Crippen molar-refractivity contribution >= 4 is 3.21 Å². The Hall–Kier alpha value is -0.877. The van der Waals surface area contributed by atoms with Gasteiger partial charge in [-0.05, 0) is 17.4 Å². The molecule has 0 nitrogen and oxygen atoms in total. The van der Waals surface area contributed by atoms with Crippen LogP contribution >= 0.6 is 0 Å². The first kappa shape index (κ1) is 33.2. The van der Waals surface area contributed by atoms with Gasteiger partial charge in [-0.25, -0.2) is 12.1 Å². The van der Waals surface area contributed by atoms with Gasteiger partial charge in [-0.2, -0.15) is 47.5 Å². The molecule has 36 heavy (non-hydrogen) atoms. The molecule has 3 aromatic rings. The van der Waals surface area contributed by atoms with E-state index in [0.29, 0.717) is 0 Å². The molecule has 0 saturated heterocycles. The maximum atomic E-state index is 3.53. The van der Waals surface area contributed by atoms with E-state index in [1.54, 1.807) is 24.2 Å². The summed E-state index contributed by atoms with van der Waals surface area (Å²) >= 11 is 1.69. The predicted molar refractivity (Wildman–Crippen MR) is 146 cm³/mol. The van der Waals surface area contributed by atoms with E-state index in [-0.39, 0.29) is 35.6 Å². The molecule has 0 unspecified atom stereocenters. The van der Waals surface area contributed by atoms with Gasteiger partial charge in [0.05, 0.1) is 0 Å². The maximum Gasteiger partial charge on any atom is -0.172 e. The quantitative estimate of drug-likeness (QED) is 0.215. The minimum absolute atomic E-state index is 0. The number of halogens is 2. The van der Waals surface area contributed by atoms with Crippen LogP contribution in [-0.2, 0) is 41.5 Å². The minimum atomic E-state index is 0. The van der Waals surface area contributed by atoms with Gasteiger partial charge in [-0.1, -0.05) is 76.3 Å². The van der Waals surface area contributed by atoms with Crippen LogP contribution in [0.3, 0.4) is 0 Å². The molecule has 2 aliphatic rings. The van der Waals surface area contributed by atoms with Crippen LogP contribution in [0.4, 0.5) is 0 Å². The van der Waals surface area contributed by atoms with Crippen molar-refractivity contribution in [3.8, 4) is 11.1 Å². The van der Waals surface area contributed by atoms with Crippen LogP contribution in [0.25, 0.3) is 11.1 Å². The smallest absolute Gasteiger partial charge is 0.172 e. The SMILES string of the molecule is CC(C)(C)c1c[c-]c2c(c1)-c1cc(C(C)(C)C)ccc1C2.[Cl-].[Cl-].[Zr+2]=[C]1CCCCCC1.c1cc[cH-]c1. The monoisotopic (exact) mass is 598 g/mol. The van der Waals surface area contributed by atoms with Gasteiger partial charge in [-0.3, -0.25) is 0 Å². The van der Waals surface area contributed by atoms with E-state index in [2.05, 4.69) is 77.9 Å². The Kier molecular flexibility index (Phi) is 13.7. The van der Waals surface area contributed by atoms with Gasteiger partial charge >= 0.3 is 66.0 Å². The summed E-state index contributed by atoms with van der Waals surface area (Å²) in [6.45, 7) is 13.6. The zero-order valence-corrected chi connectivity index (χ0v) is 26.9. The van der Waals surface area contributed by atoms with Crippen molar-refractivity contribution in [2.24, 2.45) is 0 Å². The van der Waals surface area contributed by atoms with Crippen LogP contribution in [0.2, 0.25) is 0 Å². The first-order valence-electron chi connectivity index (χ1n) is 13.0. The summed E-state index contributed by atoms with van der Waals surface area (Å²) in [5.74, 6) is 0. The number of hydrogen-bond acceptors (Lipinski definition) is 0. The molecule has 5 rings (SSSR count). The van der Waals surface area contributed by atoms with Crippen LogP contribution in [0.5, 0.6) is 0 Å². The molecule has 1 saturated carbocycles. The topological polar surface area (TPSA) is 0 Å². The van der Waals surface area contributed by atoms with E-state index >= 15 is 0 Å². The van der Waals surface area contributed by atoms with E-state index in [9.17, 15) is 0 Å². The second-order valence-electron chi connectivity index (χ2n) is 11.8. The van der Waals surface area contributed by atoms with Crippen molar-refractivity contribution in [1.29, 1.82) is 0 Å². The van der Waals surface area contributed by atoms with Crippen molar-refractivity contribution in [2.45, 2.75) is 97.3 Å². The van der Waals surface area contributed by atoms with Gasteiger partial charge in [0.25, 0.3) is 0 Å². The fourth-order valence-corrected chi connectivity index (χ4v) is 5.33. The molecule has 3 heteroatoms. The number of fused-ring (bicyclic) bond motifs is 3. The van der Waals surface area contributed by atoms with Gasteiger partial charge in [0.15, 0.2) is 0 Å². The van der Waals surface area contributed by atoms with Crippen LogP contribution < -0.4 is 24.8 Å². The van der Waals surface area contributed by atoms with Crippen molar-refractivity contribution in [3.63, 3.8) is 0 Å². The Morgan fingerprint density at radius 1 is 0.750 bits per heavy atom. The molecule has 2 aliphatic carbocycles. The molecule has 1 fully saturated rings. The van der Waals surface area contributed by atoms with Crippen molar-refractivity contribution < 1.29 is 49.0 Å². The summed E-state index contributed by atoms with van der Waals surface area (Å²) in [7, 11) is 0. The van der Waals surface area contributed by atoms with Crippen LogP contribution in [-0.4, -0.2) is 3.21 Å². The molecule has 0 amide bonds. The zero-order valence-electron chi connectivity index (χ0n) is 23.0. The number of benzene rings is 2. The summed E-state index contributed by atoms with van der Waals surface area (Å²) in [5, 5.41) is 0. The van der Waals surface area contributed by atoms with Gasteiger partial charge in [0.2, 0.25) is 0 Å². The first-order valence-corrected chi connectivity index (χ1v) is 14.2. The van der Waals surface area contributed by atoms with E-state index < -0.39 is 0 Å². The molecular formula is C33H42Cl2Zr-2. The molecule has 0 atom stereocenters. The molecule has 194 valence electrons. The molecule has 0 N–H and O–H groups in total. The van der Waals surface area contributed by atoms with E-state index in [4.69, 9.17) is 0 Å².